The number of benzene rings is 1. The lowest BCUT2D eigenvalue weighted by Gasteiger charge is -2.12. The van der Waals surface area contributed by atoms with Gasteiger partial charge in [-0.25, -0.2) is 14.8 Å². The summed E-state index contributed by atoms with van der Waals surface area (Å²) in [5, 5.41) is 15.2. The van der Waals surface area contributed by atoms with Crippen molar-refractivity contribution < 1.29 is 14.3 Å². The van der Waals surface area contributed by atoms with Gasteiger partial charge < -0.3 is 14.8 Å². The number of urea groups is 1. The Hall–Kier alpha value is -3.13. The number of amides is 2. The first-order valence-electron chi connectivity index (χ1n) is 8.27. The van der Waals surface area contributed by atoms with Gasteiger partial charge in [0.25, 0.3) is 0 Å². The van der Waals surface area contributed by atoms with Crippen LogP contribution < -0.4 is 10.6 Å². The first kappa shape index (κ1) is 18.7. The zero-order valence-electron chi connectivity index (χ0n) is 15.2. The molecule has 2 aromatic heterocycles. The molecule has 0 aliphatic heterocycles. The molecule has 0 fully saturated rings. The summed E-state index contributed by atoms with van der Waals surface area (Å²) in [7, 11) is 0. The minimum absolute atomic E-state index is 0.0793. The van der Waals surface area contributed by atoms with Crippen LogP contribution in [0.2, 0.25) is 0 Å². The SMILES string of the molecule is CC(C)(C)c1cnc(C=Cc2cnc(NC(=O)Nc3cccc(O)c3)s2)o1. The highest BCUT2D eigenvalue weighted by molar-refractivity contribution is 7.16. The summed E-state index contributed by atoms with van der Waals surface area (Å²) in [6.07, 6.45) is 6.97. The zero-order chi connectivity index (χ0) is 19.4. The number of aromatic hydroxyl groups is 1. The van der Waals surface area contributed by atoms with Crippen molar-refractivity contribution in [2.75, 3.05) is 10.6 Å². The lowest BCUT2D eigenvalue weighted by Crippen LogP contribution is -2.19. The van der Waals surface area contributed by atoms with Crippen molar-refractivity contribution >= 4 is 40.3 Å². The van der Waals surface area contributed by atoms with Crippen molar-refractivity contribution in [3.8, 4) is 5.75 Å². The first-order chi connectivity index (χ1) is 12.8. The van der Waals surface area contributed by atoms with Crippen LogP contribution in [0.5, 0.6) is 5.75 Å². The Labute approximate surface area is 160 Å². The monoisotopic (exact) mass is 384 g/mol. The number of aromatic nitrogens is 2. The Balaban J connectivity index is 1.59. The van der Waals surface area contributed by atoms with Crippen LogP contribution in [0.1, 0.15) is 37.3 Å². The number of thiazole rings is 1. The minimum atomic E-state index is -0.437. The largest absolute Gasteiger partial charge is 0.508 e. The number of hydrogen-bond donors (Lipinski definition) is 3. The molecule has 0 spiro atoms. The van der Waals surface area contributed by atoms with E-state index in [0.717, 1.165) is 10.6 Å². The molecule has 0 aliphatic rings. The second-order valence-corrected chi connectivity index (χ2v) is 7.91. The van der Waals surface area contributed by atoms with Gasteiger partial charge >= 0.3 is 6.03 Å². The lowest BCUT2D eigenvalue weighted by molar-refractivity contribution is 0.262. The number of anilines is 2. The van der Waals surface area contributed by atoms with E-state index in [1.54, 1.807) is 30.6 Å². The van der Waals surface area contributed by atoms with E-state index >= 15 is 0 Å². The standard InChI is InChI=1S/C19H20N4O3S/c1-19(2,3)15-11-20-16(26-15)8-7-14-10-21-18(27-14)23-17(25)22-12-5-4-6-13(24)9-12/h4-11,24H,1-3H3,(H2,21,22,23,25). The Morgan fingerprint density at radius 2 is 2.00 bits per heavy atom. The summed E-state index contributed by atoms with van der Waals surface area (Å²) in [5.41, 5.74) is 0.395. The topological polar surface area (TPSA) is 100 Å². The van der Waals surface area contributed by atoms with Crippen LogP contribution in [0.25, 0.3) is 12.2 Å². The fourth-order valence-electron chi connectivity index (χ4n) is 2.13. The normalized spacial score (nSPS) is 11.7. The number of carbonyl (C=O) groups is 1. The Bertz CT molecular complexity index is 969. The smallest absolute Gasteiger partial charge is 0.325 e. The molecule has 3 rings (SSSR count). The third kappa shape index (κ3) is 5.18. The van der Waals surface area contributed by atoms with Crippen molar-refractivity contribution in [3.05, 3.63) is 53.2 Å². The molecule has 8 heteroatoms. The van der Waals surface area contributed by atoms with E-state index in [4.69, 9.17) is 4.42 Å². The number of oxazole rings is 1. The average Bonchev–Trinajstić information content (AvgIpc) is 3.21. The molecule has 0 radical (unpaired) electrons. The van der Waals surface area contributed by atoms with Crippen molar-refractivity contribution in [2.45, 2.75) is 26.2 Å². The molecule has 0 aliphatic carbocycles. The summed E-state index contributed by atoms with van der Waals surface area (Å²) in [6.45, 7) is 6.18. The van der Waals surface area contributed by atoms with E-state index in [1.807, 2.05) is 6.08 Å². The molecular formula is C19H20N4O3S. The number of nitrogens with zero attached hydrogens (tertiary/aromatic N) is 2. The van der Waals surface area contributed by atoms with Crippen molar-refractivity contribution in [2.24, 2.45) is 0 Å². The van der Waals surface area contributed by atoms with Crippen LogP contribution in [0.3, 0.4) is 0 Å². The van der Waals surface area contributed by atoms with Crippen molar-refractivity contribution in [1.29, 1.82) is 0 Å². The Morgan fingerprint density at radius 3 is 2.70 bits per heavy atom. The fraction of sp³-hybridized carbons (Fsp3) is 0.211. The third-order valence-electron chi connectivity index (χ3n) is 3.50. The maximum Gasteiger partial charge on any atom is 0.325 e. The molecule has 0 saturated heterocycles. The van der Waals surface area contributed by atoms with Crippen molar-refractivity contribution in [3.63, 3.8) is 0 Å². The minimum Gasteiger partial charge on any atom is -0.508 e. The van der Waals surface area contributed by atoms with Crippen LogP contribution in [0, 0.1) is 0 Å². The van der Waals surface area contributed by atoms with E-state index in [-0.39, 0.29) is 11.2 Å². The molecule has 1 aromatic carbocycles. The highest BCUT2D eigenvalue weighted by Crippen LogP contribution is 2.24. The van der Waals surface area contributed by atoms with Gasteiger partial charge in [-0.1, -0.05) is 38.2 Å². The van der Waals surface area contributed by atoms with Gasteiger partial charge in [0, 0.05) is 34.3 Å². The molecule has 0 saturated carbocycles. The summed E-state index contributed by atoms with van der Waals surface area (Å²) < 4.78 is 5.70. The molecule has 0 atom stereocenters. The van der Waals surface area contributed by atoms with Crippen LogP contribution in [0.4, 0.5) is 15.6 Å². The second-order valence-electron chi connectivity index (χ2n) is 6.84. The predicted molar refractivity (Wildman–Crippen MR) is 107 cm³/mol. The van der Waals surface area contributed by atoms with Gasteiger partial charge in [0.05, 0.1) is 6.20 Å². The summed E-state index contributed by atoms with van der Waals surface area (Å²) in [5.74, 6) is 1.41. The molecule has 7 nitrogen and oxygen atoms in total. The van der Waals surface area contributed by atoms with E-state index in [9.17, 15) is 9.90 Å². The molecule has 27 heavy (non-hydrogen) atoms. The Kier molecular flexibility index (Phi) is 5.27. The van der Waals surface area contributed by atoms with Crippen molar-refractivity contribution in [1.82, 2.24) is 9.97 Å². The number of hydrogen-bond acceptors (Lipinski definition) is 6. The van der Waals surface area contributed by atoms with Gasteiger partial charge in [-0.3, -0.25) is 5.32 Å². The number of phenolic OH excluding ortho intramolecular Hbond substituents is 1. The number of nitrogens with one attached hydrogen (secondary N) is 2. The van der Waals surface area contributed by atoms with Gasteiger partial charge in [-0.05, 0) is 18.2 Å². The van der Waals surface area contributed by atoms with Gasteiger partial charge in [0.2, 0.25) is 5.89 Å². The molecule has 2 amide bonds. The maximum absolute atomic E-state index is 12.0. The fourth-order valence-corrected chi connectivity index (χ4v) is 2.84. The first-order valence-corrected chi connectivity index (χ1v) is 9.08. The summed E-state index contributed by atoms with van der Waals surface area (Å²) in [4.78, 5) is 21.2. The molecule has 3 aromatic rings. The van der Waals surface area contributed by atoms with Crippen LogP contribution in [-0.4, -0.2) is 21.1 Å². The lowest BCUT2D eigenvalue weighted by atomic mass is 9.94. The number of carbonyl (C=O) groups excluding carboxylic acids is 1. The van der Waals surface area contributed by atoms with Gasteiger partial charge in [-0.15, -0.1) is 0 Å². The van der Waals surface area contributed by atoms with Crippen LogP contribution >= 0.6 is 11.3 Å². The van der Waals surface area contributed by atoms with E-state index < -0.39 is 6.03 Å². The Morgan fingerprint density at radius 1 is 1.19 bits per heavy atom. The highest BCUT2D eigenvalue weighted by Gasteiger charge is 2.18. The highest BCUT2D eigenvalue weighted by atomic mass is 32.1. The average molecular weight is 384 g/mol. The van der Waals surface area contributed by atoms with Crippen LogP contribution in [0.15, 0.2) is 41.1 Å². The number of phenols is 1. The molecule has 0 bridgehead atoms. The maximum atomic E-state index is 12.0. The van der Waals surface area contributed by atoms with Crippen LogP contribution in [-0.2, 0) is 5.41 Å². The quantitative estimate of drug-likeness (QED) is 0.591. The summed E-state index contributed by atoms with van der Waals surface area (Å²) >= 11 is 1.32. The predicted octanol–water partition coefficient (Wildman–Crippen LogP) is 4.95. The van der Waals surface area contributed by atoms with Gasteiger partial charge in [-0.2, -0.15) is 0 Å². The van der Waals surface area contributed by atoms with E-state index in [1.165, 1.54) is 23.5 Å². The summed E-state index contributed by atoms with van der Waals surface area (Å²) in [6, 6.07) is 5.87. The molecule has 0 unspecified atom stereocenters. The van der Waals surface area contributed by atoms with Gasteiger partial charge in [0.15, 0.2) is 5.13 Å². The molecular weight excluding hydrogens is 364 g/mol. The van der Waals surface area contributed by atoms with E-state index in [0.29, 0.717) is 16.7 Å². The molecule has 140 valence electrons. The number of rotatable bonds is 4. The third-order valence-corrected chi connectivity index (χ3v) is 4.38. The van der Waals surface area contributed by atoms with Gasteiger partial charge in [0.1, 0.15) is 11.5 Å². The molecule has 2 heterocycles. The zero-order valence-corrected chi connectivity index (χ0v) is 16.0. The second kappa shape index (κ2) is 7.63. The molecule has 3 N–H and O–H groups in total. The van der Waals surface area contributed by atoms with E-state index in [2.05, 4.69) is 41.4 Å².